The van der Waals surface area contributed by atoms with Crippen molar-refractivity contribution in [3.8, 4) is 0 Å². The molecule has 2 rings (SSSR count). The van der Waals surface area contributed by atoms with Gasteiger partial charge >= 0.3 is 0 Å². The fourth-order valence-electron chi connectivity index (χ4n) is 8.36. The summed E-state index contributed by atoms with van der Waals surface area (Å²) in [4.78, 5) is 0. The number of allylic oxidation sites excluding steroid dienone is 4. The third-order valence-corrected chi connectivity index (χ3v) is 11.1. The first-order valence-corrected chi connectivity index (χ1v) is 18.0. The largest absolute Gasteiger partial charge is 0.393 e. The fraction of sp³-hybridized carbons (Fsp3) is 0.850. The second-order valence-corrected chi connectivity index (χ2v) is 16.7. The van der Waals surface area contributed by atoms with Crippen molar-refractivity contribution in [3.05, 3.63) is 34.9 Å². The van der Waals surface area contributed by atoms with Gasteiger partial charge in [0.15, 0.2) is 0 Å². The smallest absolute Gasteiger partial charge is 0.0729 e. The molecule has 0 fully saturated rings. The summed E-state index contributed by atoms with van der Waals surface area (Å²) >= 11 is 0. The van der Waals surface area contributed by atoms with Crippen LogP contribution in [0.4, 0.5) is 0 Å². The molecule has 0 amide bonds. The Labute approximate surface area is 262 Å². The predicted molar refractivity (Wildman–Crippen MR) is 185 cm³/mol. The Morgan fingerprint density at radius 3 is 1.83 bits per heavy atom. The van der Waals surface area contributed by atoms with E-state index >= 15 is 0 Å². The van der Waals surface area contributed by atoms with Crippen LogP contribution in [-0.4, -0.2) is 22.4 Å². The summed E-state index contributed by atoms with van der Waals surface area (Å²) in [7, 11) is 0. The van der Waals surface area contributed by atoms with E-state index in [1.807, 2.05) is 0 Å². The van der Waals surface area contributed by atoms with Crippen LogP contribution in [0, 0.1) is 40.4 Å². The lowest BCUT2D eigenvalue weighted by atomic mass is 9.67. The Morgan fingerprint density at radius 1 is 0.762 bits per heavy atom. The minimum atomic E-state index is -0.282. The van der Waals surface area contributed by atoms with Crippen molar-refractivity contribution < 1.29 is 10.2 Å². The summed E-state index contributed by atoms with van der Waals surface area (Å²) in [6.45, 7) is 23.4. The molecule has 0 radical (unpaired) electrons. The zero-order chi connectivity index (χ0) is 31.5. The molecule has 2 aliphatic rings. The Hall–Kier alpha value is -0.860. The molecule has 0 bridgehead atoms. The van der Waals surface area contributed by atoms with Gasteiger partial charge in [-0.05, 0) is 86.9 Å². The third-order valence-electron chi connectivity index (χ3n) is 11.1. The second kappa shape index (κ2) is 17.6. The van der Waals surface area contributed by atoms with Gasteiger partial charge in [0, 0.05) is 5.92 Å². The first-order chi connectivity index (χ1) is 19.6. The number of aliphatic hydroxyl groups is 2. The quantitative estimate of drug-likeness (QED) is 0.124. The van der Waals surface area contributed by atoms with Crippen molar-refractivity contribution in [3.63, 3.8) is 0 Å². The Morgan fingerprint density at radius 2 is 1.29 bits per heavy atom. The first kappa shape index (κ1) is 37.3. The van der Waals surface area contributed by atoms with E-state index in [2.05, 4.69) is 87.5 Å². The molecule has 2 aliphatic carbocycles. The van der Waals surface area contributed by atoms with Gasteiger partial charge in [0.25, 0.3) is 0 Å². The van der Waals surface area contributed by atoms with Gasteiger partial charge in [-0.15, -0.1) is 0 Å². The highest BCUT2D eigenvalue weighted by Crippen LogP contribution is 2.43. The predicted octanol–water partition coefficient (Wildman–Crippen LogP) is 11.6. The summed E-state index contributed by atoms with van der Waals surface area (Å²) in [6.07, 6.45) is 25.4. The fourth-order valence-corrected chi connectivity index (χ4v) is 8.36. The maximum Gasteiger partial charge on any atom is 0.0729 e. The molecule has 0 aliphatic heterocycles. The van der Waals surface area contributed by atoms with Crippen molar-refractivity contribution in [1.29, 1.82) is 0 Å². The van der Waals surface area contributed by atoms with Gasteiger partial charge in [-0.3, -0.25) is 0 Å². The van der Waals surface area contributed by atoms with E-state index in [0.29, 0.717) is 11.8 Å². The lowest BCUT2D eigenvalue weighted by molar-refractivity contribution is 0.112. The molecule has 0 saturated heterocycles. The van der Waals surface area contributed by atoms with Crippen LogP contribution in [0.15, 0.2) is 34.9 Å². The van der Waals surface area contributed by atoms with Crippen LogP contribution in [-0.2, 0) is 0 Å². The molecule has 4 unspecified atom stereocenters. The highest BCUT2D eigenvalue weighted by Gasteiger charge is 2.34. The zero-order valence-corrected chi connectivity index (χ0v) is 29.8. The molecule has 2 nitrogen and oxygen atoms in total. The molecule has 0 aromatic heterocycles. The Kier molecular flexibility index (Phi) is 15.6. The summed E-state index contributed by atoms with van der Waals surface area (Å²) in [5.74, 6) is 3.58. The second-order valence-electron chi connectivity index (χ2n) is 16.7. The number of unbranched alkanes of at least 4 members (excludes halogenated alkanes) is 1. The van der Waals surface area contributed by atoms with Gasteiger partial charge in [0.2, 0.25) is 0 Å². The topological polar surface area (TPSA) is 40.5 Å². The summed E-state index contributed by atoms with van der Waals surface area (Å²) in [6, 6.07) is 0. The van der Waals surface area contributed by atoms with Crippen LogP contribution in [0.3, 0.4) is 0 Å². The van der Waals surface area contributed by atoms with Crippen molar-refractivity contribution in [1.82, 2.24) is 0 Å². The average molecular weight is 585 g/mol. The first-order valence-electron chi connectivity index (χ1n) is 18.0. The van der Waals surface area contributed by atoms with E-state index in [9.17, 15) is 10.2 Å². The van der Waals surface area contributed by atoms with Crippen molar-refractivity contribution >= 4 is 0 Å². The van der Waals surface area contributed by atoms with E-state index in [1.165, 1.54) is 88.2 Å². The molecule has 0 aromatic carbocycles. The molecule has 244 valence electrons. The summed E-state index contributed by atoms with van der Waals surface area (Å²) in [5, 5.41) is 20.3. The van der Waals surface area contributed by atoms with Crippen molar-refractivity contribution in [2.24, 2.45) is 40.4 Å². The van der Waals surface area contributed by atoms with E-state index in [0.717, 1.165) is 37.0 Å². The van der Waals surface area contributed by atoms with Crippen LogP contribution in [0.2, 0.25) is 0 Å². The van der Waals surface area contributed by atoms with Crippen LogP contribution in [0.1, 0.15) is 166 Å². The molecule has 0 spiro atoms. The molecule has 7 atom stereocenters. The van der Waals surface area contributed by atoms with Crippen LogP contribution in [0.5, 0.6) is 0 Å². The van der Waals surface area contributed by atoms with E-state index < -0.39 is 0 Å². The lowest BCUT2D eigenvalue weighted by Gasteiger charge is -2.39. The van der Waals surface area contributed by atoms with Crippen LogP contribution >= 0.6 is 0 Å². The van der Waals surface area contributed by atoms with Gasteiger partial charge in [-0.1, -0.05) is 148 Å². The van der Waals surface area contributed by atoms with Crippen molar-refractivity contribution in [2.45, 2.75) is 178 Å². The minimum absolute atomic E-state index is 0.134. The monoisotopic (exact) mass is 585 g/mol. The number of aliphatic hydroxyl groups excluding tert-OH is 2. The zero-order valence-electron chi connectivity index (χ0n) is 29.8. The van der Waals surface area contributed by atoms with Gasteiger partial charge in [-0.25, -0.2) is 0 Å². The van der Waals surface area contributed by atoms with Gasteiger partial charge in [0.05, 0.1) is 12.2 Å². The molecule has 0 saturated carbocycles. The molecule has 42 heavy (non-hydrogen) atoms. The highest BCUT2D eigenvalue weighted by molar-refractivity contribution is 5.24. The molecular formula is C40H72O2. The number of hydrogen-bond donors (Lipinski definition) is 2. The highest BCUT2D eigenvalue weighted by atomic mass is 16.3. The number of rotatable bonds is 18. The van der Waals surface area contributed by atoms with Crippen molar-refractivity contribution in [2.75, 3.05) is 0 Å². The van der Waals surface area contributed by atoms with Crippen LogP contribution in [0.25, 0.3) is 0 Å². The molecule has 0 heterocycles. The normalized spacial score (nSPS) is 27.1. The summed E-state index contributed by atoms with van der Waals surface area (Å²) in [5.41, 5.74) is 4.70. The minimum Gasteiger partial charge on any atom is -0.393 e. The van der Waals surface area contributed by atoms with Gasteiger partial charge in [0.1, 0.15) is 0 Å². The van der Waals surface area contributed by atoms with Gasteiger partial charge in [-0.2, -0.15) is 0 Å². The standard InChI is InChI=1S/C40H72O2/c1-29(17-13-19-31(3)21-23-37-33(5)25-35(41)27-39(37,7)8)15-11-12-16-30(2)18-14-20-32(4)22-24-38-34(6)26-36(42)28-40(38,9)10/h21,23,25,29-32,35-37,41-42H,11-20,22,24,26-28H2,1-10H3/b23-21-/t29?,30?,31?,32?,35-,36-,37-/m0/s1. The molecular weight excluding hydrogens is 512 g/mol. The van der Waals surface area contributed by atoms with E-state index in [1.54, 1.807) is 5.57 Å². The Balaban J connectivity index is 1.53. The Bertz CT molecular complexity index is 874. The average Bonchev–Trinajstić information content (AvgIpc) is 2.84. The molecule has 0 aromatic rings. The lowest BCUT2D eigenvalue weighted by Crippen LogP contribution is -2.32. The molecule has 2 N–H and O–H groups in total. The molecule has 2 heteroatoms. The van der Waals surface area contributed by atoms with Crippen LogP contribution < -0.4 is 0 Å². The van der Waals surface area contributed by atoms with E-state index in [-0.39, 0.29) is 23.0 Å². The van der Waals surface area contributed by atoms with E-state index in [4.69, 9.17) is 0 Å². The maximum absolute atomic E-state index is 10.2. The number of hydrogen-bond acceptors (Lipinski definition) is 2. The SMILES string of the molecule is CC1=C[C@H](O)CC(C)(C)[C@H]1/C=C\C(C)CCCC(C)CCCCC(C)CCCC(C)CCC1=C(C)C[C@H](O)CC1(C)C. The third kappa shape index (κ3) is 13.0. The maximum atomic E-state index is 10.2. The van der Waals surface area contributed by atoms with Gasteiger partial charge < -0.3 is 10.2 Å². The summed E-state index contributed by atoms with van der Waals surface area (Å²) < 4.78 is 0.